The van der Waals surface area contributed by atoms with Gasteiger partial charge in [0.05, 0.1) is 5.70 Å². The summed E-state index contributed by atoms with van der Waals surface area (Å²) in [5, 5.41) is 4.25. The Morgan fingerprint density at radius 1 is 1.10 bits per heavy atom. The highest BCUT2D eigenvalue weighted by Gasteiger charge is 2.19. The number of H-pyrrole nitrogens is 1. The first kappa shape index (κ1) is 12.0. The average molecular weight is 274 g/mol. The van der Waals surface area contributed by atoms with Crippen LogP contribution in [0.3, 0.4) is 0 Å². The summed E-state index contributed by atoms with van der Waals surface area (Å²) < 4.78 is 0. The third-order valence-electron chi connectivity index (χ3n) is 3.79. The van der Waals surface area contributed by atoms with Crippen LogP contribution in [0.2, 0.25) is 0 Å². The standard InChI is InChI=1S/C18H14N2O/c21-18(14-5-6-16-13(11-14)7-8-19-16)17-10-12-3-1-2-4-15(9-12)20-17/h1-12,19-20H. The third-order valence-corrected chi connectivity index (χ3v) is 3.79. The van der Waals surface area contributed by atoms with E-state index in [2.05, 4.69) is 22.5 Å². The van der Waals surface area contributed by atoms with Gasteiger partial charge in [-0.2, -0.15) is 0 Å². The smallest absolute Gasteiger partial charge is 0.208 e. The van der Waals surface area contributed by atoms with Crippen molar-refractivity contribution in [2.75, 3.05) is 0 Å². The van der Waals surface area contributed by atoms with E-state index in [9.17, 15) is 4.79 Å². The Balaban J connectivity index is 1.70. The molecule has 2 heterocycles. The van der Waals surface area contributed by atoms with Crippen LogP contribution < -0.4 is 5.32 Å². The number of Topliss-reactive ketones (excluding diaryl/α,β-unsaturated/α-hetero) is 1. The lowest BCUT2D eigenvalue weighted by Crippen LogP contribution is -2.23. The number of dihydropyridines is 1. The summed E-state index contributed by atoms with van der Waals surface area (Å²) in [5.74, 6) is 0.198. The molecule has 2 aliphatic rings. The Bertz CT molecular complexity index is 849. The summed E-state index contributed by atoms with van der Waals surface area (Å²) in [7, 11) is 0. The van der Waals surface area contributed by atoms with Crippen LogP contribution in [0, 0.1) is 5.92 Å². The number of hydrogen-bond acceptors (Lipinski definition) is 2. The lowest BCUT2D eigenvalue weighted by Gasteiger charge is -2.18. The minimum absolute atomic E-state index is 0.0254. The minimum Gasteiger partial charge on any atom is -0.361 e. The first-order chi connectivity index (χ1) is 10.3. The van der Waals surface area contributed by atoms with Gasteiger partial charge < -0.3 is 10.3 Å². The zero-order valence-electron chi connectivity index (χ0n) is 11.3. The third kappa shape index (κ3) is 2.13. The first-order valence-corrected chi connectivity index (χ1v) is 6.97. The van der Waals surface area contributed by atoms with Crippen LogP contribution in [0.15, 0.2) is 78.3 Å². The van der Waals surface area contributed by atoms with Crippen molar-refractivity contribution >= 4 is 16.7 Å². The highest BCUT2D eigenvalue weighted by molar-refractivity contribution is 6.10. The molecule has 2 bridgehead atoms. The van der Waals surface area contributed by atoms with Crippen molar-refractivity contribution in [2.45, 2.75) is 0 Å². The van der Waals surface area contributed by atoms with Gasteiger partial charge in [0, 0.05) is 34.3 Å². The summed E-state index contributed by atoms with van der Waals surface area (Å²) >= 11 is 0. The fourth-order valence-electron chi connectivity index (χ4n) is 2.73. The molecule has 2 N–H and O–H groups in total. The van der Waals surface area contributed by atoms with Gasteiger partial charge in [-0.15, -0.1) is 0 Å². The van der Waals surface area contributed by atoms with Gasteiger partial charge in [0.1, 0.15) is 0 Å². The molecule has 1 aliphatic carbocycles. The number of carbonyl (C=O) groups excluding carboxylic acids is 1. The molecular formula is C18H14N2O. The first-order valence-electron chi connectivity index (χ1n) is 6.97. The second-order valence-corrected chi connectivity index (χ2v) is 5.26. The minimum atomic E-state index is 0.0254. The number of rotatable bonds is 2. The van der Waals surface area contributed by atoms with E-state index in [4.69, 9.17) is 0 Å². The van der Waals surface area contributed by atoms with Gasteiger partial charge in [-0.05, 0) is 36.4 Å². The van der Waals surface area contributed by atoms with Crippen molar-refractivity contribution < 1.29 is 4.79 Å². The molecule has 4 rings (SSSR count). The zero-order chi connectivity index (χ0) is 14.2. The number of fused-ring (bicyclic) bond motifs is 2. The number of hydrogen-bond donors (Lipinski definition) is 2. The maximum absolute atomic E-state index is 12.7. The monoisotopic (exact) mass is 274 g/mol. The quantitative estimate of drug-likeness (QED) is 0.824. The van der Waals surface area contributed by atoms with Crippen LogP contribution in [-0.4, -0.2) is 10.8 Å². The van der Waals surface area contributed by atoms with Crippen molar-refractivity contribution in [2.24, 2.45) is 5.92 Å². The van der Waals surface area contributed by atoms with Crippen molar-refractivity contribution in [1.29, 1.82) is 0 Å². The molecule has 3 heteroatoms. The van der Waals surface area contributed by atoms with Crippen molar-refractivity contribution in [3.05, 3.63) is 83.9 Å². The van der Waals surface area contributed by atoms with Gasteiger partial charge in [-0.3, -0.25) is 4.79 Å². The van der Waals surface area contributed by atoms with E-state index in [0.29, 0.717) is 11.3 Å². The lowest BCUT2D eigenvalue weighted by atomic mass is 9.98. The van der Waals surface area contributed by atoms with Gasteiger partial charge in [-0.1, -0.05) is 24.3 Å². The van der Waals surface area contributed by atoms with Crippen LogP contribution in [0.25, 0.3) is 10.9 Å². The number of benzene rings is 1. The number of ketones is 1. The van der Waals surface area contributed by atoms with Gasteiger partial charge in [-0.25, -0.2) is 0 Å². The Morgan fingerprint density at radius 2 is 2.05 bits per heavy atom. The zero-order valence-corrected chi connectivity index (χ0v) is 11.3. The molecule has 1 aromatic carbocycles. The number of nitrogens with one attached hydrogen (secondary N) is 2. The van der Waals surface area contributed by atoms with E-state index < -0.39 is 0 Å². The van der Waals surface area contributed by atoms with Crippen LogP contribution in [0.4, 0.5) is 0 Å². The number of allylic oxidation sites excluding steroid dienone is 7. The molecule has 0 radical (unpaired) electrons. The SMILES string of the molecule is O=C(C1=CC2C=CC=CC(=C2)N1)c1ccc2[nH]ccc2c1. The van der Waals surface area contributed by atoms with Gasteiger partial charge in [0.2, 0.25) is 5.78 Å². The molecule has 0 saturated heterocycles. The predicted molar refractivity (Wildman–Crippen MR) is 83.7 cm³/mol. The molecule has 102 valence electrons. The number of aromatic amines is 1. The fourth-order valence-corrected chi connectivity index (χ4v) is 2.73. The van der Waals surface area contributed by atoms with Gasteiger partial charge in [0.25, 0.3) is 0 Å². The normalized spacial score (nSPS) is 19.7. The molecule has 0 spiro atoms. The molecule has 21 heavy (non-hydrogen) atoms. The summed E-state index contributed by atoms with van der Waals surface area (Å²) in [6.07, 6.45) is 14.0. The fraction of sp³-hybridized carbons (Fsp3) is 0.0556. The van der Waals surface area contributed by atoms with Crippen molar-refractivity contribution in [3.63, 3.8) is 0 Å². The molecule has 1 aromatic heterocycles. The summed E-state index contributed by atoms with van der Waals surface area (Å²) in [6.45, 7) is 0. The Labute approximate surface area is 122 Å². The molecule has 1 unspecified atom stereocenters. The Kier molecular flexibility index (Phi) is 2.64. The number of carbonyl (C=O) groups is 1. The second kappa shape index (κ2) is 4.63. The topological polar surface area (TPSA) is 44.9 Å². The highest BCUT2D eigenvalue weighted by atomic mass is 16.1. The van der Waals surface area contributed by atoms with E-state index in [1.807, 2.05) is 54.8 Å². The maximum Gasteiger partial charge on any atom is 0.208 e. The van der Waals surface area contributed by atoms with Crippen molar-refractivity contribution in [1.82, 2.24) is 10.3 Å². The molecule has 0 saturated carbocycles. The van der Waals surface area contributed by atoms with E-state index in [1.165, 1.54) is 0 Å². The molecular weight excluding hydrogens is 260 g/mol. The van der Waals surface area contributed by atoms with E-state index in [-0.39, 0.29) is 11.7 Å². The summed E-state index contributed by atoms with van der Waals surface area (Å²) in [4.78, 5) is 15.8. The second-order valence-electron chi connectivity index (χ2n) is 5.26. The lowest BCUT2D eigenvalue weighted by molar-refractivity contribution is 0.102. The molecule has 2 aromatic rings. The van der Waals surface area contributed by atoms with Gasteiger partial charge >= 0.3 is 0 Å². The van der Waals surface area contributed by atoms with E-state index in [0.717, 1.165) is 16.6 Å². The van der Waals surface area contributed by atoms with Crippen molar-refractivity contribution in [3.8, 4) is 0 Å². The highest BCUT2D eigenvalue weighted by Crippen LogP contribution is 2.22. The van der Waals surface area contributed by atoms with Crippen LogP contribution >= 0.6 is 0 Å². The summed E-state index contributed by atoms with van der Waals surface area (Å²) in [6, 6.07) is 7.71. The molecule has 0 fully saturated rings. The molecule has 1 aliphatic heterocycles. The molecule has 3 nitrogen and oxygen atoms in total. The largest absolute Gasteiger partial charge is 0.361 e. The molecule has 1 atom stereocenters. The average Bonchev–Trinajstić information content (AvgIpc) is 2.91. The van der Waals surface area contributed by atoms with Crippen LogP contribution in [-0.2, 0) is 0 Å². The van der Waals surface area contributed by atoms with E-state index in [1.54, 1.807) is 0 Å². The summed E-state index contributed by atoms with van der Waals surface area (Å²) in [5.41, 5.74) is 3.36. The van der Waals surface area contributed by atoms with Gasteiger partial charge in [0.15, 0.2) is 0 Å². The predicted octanol–water partition coefficient (Wildman–Crippen LogP) is 3.46. The van der Waals surface area contributed by atoms with Crippen LogP contribution in [0.1, 0.15) is 10.4 Å². The number of aromatic nitrogens is 1. The van der Waals surface area contributed by atoms with Crippen LogP contribution in [0.5, 0.6) is 0 Å². The maximum atomic E-state index is 12.7. The molecule has 0 amide bonds. The Hall–Kier alpha value is -2.81. The Morgan fingerprint density at radius 3 is 3.00 bits per heavy atom. The van der Waals surface area contributed by atoms with E-state index >= 15 is 0 Å².